The summed E-state index contributed by atoms with van der Waals surface area (Å²) in [7, 11) is 0. The van der Waals surface area contributed by atoms with Gasteiger partial charge in [0.15, 0.2) is 5.76 Å². The maximum atomic E-state index is 11.5. The summed E-state index contributed by atoms with van der Waals surface area (Å²) in [6.45, 7) is 0.367. The van der Waals surface area contributed by atoms with Crippen molar-refractivity contribution in [3.8, 4) is 0 Å². The summed E-state index contributed by atoms with van der Waals surface area (Å²) in [4.78, 5) is 11.5. The number of amides is 1. The molecule has 1 atom stereocenters. The molecule has 0 unspecified atom stereocenters. The first-order valence-corrected chi connectivity index (χ1v) is 5.29. The molecular formula is C12H13NO4. The van der Waals surface area contributed by atoms with Gasteiger partial charge in [-0.15, -0.1) is 0 Å². The second-order valence-corrected chi connectivity index (χ2v) is 3.59. The van der Waals surface area contributed by atoms with Gasteiger partial charge in [-0.25, -0.2) is 0 Å². The van der Waals surface area contributed by atoms with E-state index in [2.05, 4.69) is 5.32 Å². The predicted molar refractivity (Wildman–Crippen MR) is 59.3 cm³/mol. The Kier molecular flexibility index (Phi) is 3.62. The van der Waals surface area contributed by atoms with Crippen LogP contribution in [0.4, 0.5) is 0 Å². The second-order valence-electron chi connectivity index (χ2n) is 3.59. The molecule has 2 rings (SSSR count). The van der Waals surface area contributed by atoms with Crippen LogP contribution in [0, 0.1) is 0 Å². The quantitative estimate of drug-likeness (QED) is 0.827. The predicted octanol–water partition coefficient (Wildman–Crippen LogP) is 1.73. The Bertz CT molecular complexity index is 447. The standard InChI is InChI=1S/C12H13NO4/c14-10(9-4-7-16-8-9)3-5-13-12(15)11-2-1-6-17-11/h1-2,4,6-8,10,14H,3,5H2,(H,13,15)/t10-/m1/s1. The van der Waals surface area contributed by atoms with Crippen molar-refractivity contribution in [1.29, 1.82) is 0 Å². The van der Waals surface area contributed by atoms with Crippen LogP contribution in [0.25, 0.3) is 0 Å². The summed E-state index contributed by atoms with van der Waals surface area (Å²) in [5, 5.41) is 12.4. The Morgan fingerprint density at radius 3 is 2.94 bits per heavy atom. The summed E-state index contributed by atoms with van der Waals surface area (Å²) in [6.07, 6.45) is 4.21. The highest BCUT2D eigenvalue weighted by Gasteiger charge is 2.11. The van der Waals surface area contributed by atoms with E-state index in [0.29, 0.717) is 18.5 Å². The van der Waals surface area contributed by atoms with E-state index in [-0.39, 0.29) is 11.7 Å². The molecule has 90 valence electrons. The van der Waals surface area contributed by atoms with Gasteiger partial charge in [0.1, 0.15) is 0 Å². The molecule has 0 radical (unpaired) electrons. The molecule has 1 amide bonds. The van der Waals surface area contributed by atoms with Crippen LogP contribution in [0.3, 0.4) is 0 Å². The average Bonchev–Trinajstić information content (AvgIpc) is 3.02. The van der Waals surface area contributed by atoms with E-state index in [1.807, 2.05) is 0 Å². The van der Waals surface area contributed by atoms with E-state index in [4.69, 9.17) is 8.83 Å². The molecule has 5 nitrogen and oxygen atoms in total. The molecule has 2 aromatic heterocycles. The van der Waals surface area contributed by atoms with Gasteiger partial charge in [-0.2, -0.15) is 0 Å². The maximum Gasteiger partial charge on any atom is 0.286 e. The van der Waals surface area contributed by atoms with Crippen molar-refractivity contribution in [2.75, 3.05) is 6.54 Å². The number of carbonyl (C=O) groups is 1. The molecule has 0 spiro atoms. The maximum absolute atomic E-state index is 11.5. The third-order valence-corrected chi connectivity index (χ3v) is 2.38. The summed E-state index contributed by atoms with van der Waals surface area (Å²) >= 11 is 0. The molecule has 0 bridgehead atoms. The molecule has 2 aromatic rings. The molecular weight excluding hydrogens is 222 g/mol. The minimum atomic E-state index is -0.634. The lowest BCUT2D eigenvalue weighted by Crippen LogP contribution is -2.25. The smallest absolute Gasteiger partial charge is 0.286 e. The van der Waals surface area contributed by atoms with Crippen molar-refractivity contribution < 1.29 is 18.7 Å². The number of aliphatic hydroxyl groups is 1. The molecule has 0 saturated heterocycles. The number of rotatable bonds is 5. The first-order chi connectivity index (χ1) is 8.27. The normalized spacial score (nSPS) is 12.3. The van der Waals surface area contributed by atoms with E-state index < -0.39 is 6.10 Å². The Hall–Kier alpha value is -2.01. The summed E-state index contributed by atoms with van der Waals surface area (Å²) in [5.41, 5.74) is 0.706. The fourth-order valence-electron chi connectivity index (χ4n) is 1.45. The Balaban J connectivity index is 1.75. The van der Waals surface area contributed by atoms with Gasteiger partial charge in [-0.3, -0.25) is 4.79 Å². The largest absolute Gasteiger partial charge is 0.472 e. The molecule has 2 heterocycles. The molecule has 17 heavy (non-hydrogen) atoms. The van der Waals surface area contributed by atoms with E-state index in [9.17, 15) is 9.90 Å². The Morgan fingerprint density at radius 1 is 1.41 bits per heavy atom. The van der Waals surface area contributed by atoms with E-state index >= 15 is 0 Å². The highest BCUT2D eigenvalue weighted by atomic mass is 16.3. The van der Waals surface area contributed by atoms with Crippen molar-refractivity contribution in [2.45, 2.75) is 12.5 Å². The van der Waals surface area contributed by atoms with Gasteiger partial charge >= 0.3 is 0 Å². The van der Waals surface area contributed by atoms with Crippen molar-refractivity contribution in [3.63, 3.8) is 0 Å². The number of furan rings is 2. The average molecular weight is 235 g/mol. The molecule has 0 aliphatic heterocycles. The second kappa shape index (κ2) is 5.36. The van der Waals surface area contributed by atoms with Crippen molar-refractivity contribution in [1.82, 2.24) is 5.32 Å². The summed E-state index contributed by atoms with van der Waals surface area (Å²) in [6, 6.07) is 4.93. The monoisotopic (exact) mass is 235 g/mol. The lowest BCUT2D eigenvalue weighted by molar-refractivity contribution is 0.0915. The van der Waals surface area contributed by atoms with Gasteiger partial charge in [0.25, 0.3) is 5.91 Å². The minimum absolute atomic E-state index is 0.266. The first kappa shape index (κ1) is 11.5. The Morgan fingerprint density at radius 2 is 2.29 bits per heavy atom. The fraction of sp³-hybridized carbons (Fsp3) is 0.250. The fourth-order valence-corrected chi connectivity index (χ4v) is 1.45. The molecule has 5 heteroatoms. The summed E-state index contributed by atoms with van der Waals surface area (Å²) < 4.78 is 9.80. The minimum Gasteiger partial charge on any atom is -0.472 e. The molecule has 2 N–H and O–H groups in total. The van der Waals surface area contributed by atoms with Crippen molar-refractivity contribution in [2.24, 2.45) is 0 Å². The lowest BCUT2D eigenvalue weighted by atomic mass is 10.1. The third-order valence-electron chi connectivity index (χ3n) is 2.38. The third kappa shape index (κ3) is 2.98. The zero-order chi connectivity index (χ0) is 12.1. The van der Waals surface area contributed by atoms with Crippen molar-refractivity contribution >= 4 is 5.91 Å². The van der Waals surface area contributed by atoms with Gasteiger partial charge in [-0.05, 0) is 24.6 Å². The zero-order valence-electron chi connectivity index (χ0n) is 9.13. The molecule has 0 aliphatic carbocycles. The van der Waals surface area contributed by atoms with Crippen LogP contribution in [0.1, 0.15) is 28.6 Å². The number of hydrogen-bond acceptors (Lipinski definition) is 4. The zero-order valence-corrected chi connectivity index (χ0v) is 9.13. The topological polar surface area (TPSA) is 75.6 Å². The molecule has 0 saturated carbocycles. The van der Waals surface area contributed by atoms with Gasteiger partial charge < -0.3 is 19.3 Å². The van der Waals surface area contributed by atoms with E-state index in [0.717, 1.165) is 0 Å². The van der Waals surface area contributed by atoms with Crippen LogP contribution >= 0.6 is 0 Å². The highest BCUT2D eigenvalue weighted by Crippen LogP contribution is 2.15. The van der Waals surface area contributed by atoms with Crippen LogP contribution in [0.5, 0.6) is 0 Å². The summed E-state index contributed by atoms with van der Waals surface area (Å²) in [5.74, 6) is -0.0165. The highest BCUT2D eigenvalue weighted by molar-refractivity contribution is 5.91. The number of nitrogens with one attached hydrogen (secondary N) is 1. The van der Waals surface area contributed by atoms with Crippen LogP contribution in [-0.4, -0.2) is 17.6 Å². The van der Waals surface area contributed by atoms with Crippen molar-refractivity contribution in [3.05, 3.63) is 48.3 Å². The number of carbonyl (C=O) groups excluding carboxylic acids is 1. The number of aliphatic hydroxyl groups excluding tert-OH is 1. The molecule has 0 fully saturated rings. The molecule has 0 aromatic carbocycles. The van der Waals surface area contributed by atoms with Gasteiger partial charge in [0, 0.05) is 12.1 Å². The Labute approximate surface area is 98.0 Å². The number of hydrogen-bond donors (Lipinski definition) is 2. The first-order valence-electron chi connectivity index (χ1n) is 5.29. The van der Waals surface area contributed by atoms with Gasteiger partial charge in [-0.1, -0.05) is 0 Å². The van der Waals surface area contributed by atoms with E-state index in [1.165, 1.54) is 18.8 Å². The van der Waals surface area contributed by atoms with Crippen LogP contribution in [0.2, 0.25) is 0 Å². The van der Waals surface area contributed by atoms with Crippen LogP contribution in [0.15, 0.2) is 45.8 Å². The SMILES string of the molecule is O=C(NCC[C@@H](O)c1ccoc1)c1ccco1. The van der Waals surface area contributed by atoms with Gasteiger partial charge in [0.2, 0.25) is 0 Å². The lowest BCUT2D eigenvalue weighted by Gasteiger charge is -2.08. The van der Waals surface area contributed by atoms with Crippen LogP contribution < -0.4 is 5.32 Å². The van der Waals surface area contributed by atoms with E-state index in [1.54, 1.807) is 18.2 Å². The van der Waals surface area contributed by atoms with Crippen LogP contribution in [-0.2, 0) is 0 Å². The van der Waals surface area contributed by atoms with Gasteiger partial charge in [0.05, 0.1) is 24.9 Å². The molecule has 0 aliphatic rings.